The SMILES string of the molecule is Nc1ccc(Sc2nccn3cnnc23)cc1. The molecule has 0 fully saturated rings. The van der Waals surface area contributed by atoms with E-state index in [1.807, 2.05) is 34.9 Å². The van der Waals surface area contributed by atoms with Gasteiger partial charge in [-0.2, -0.15) is 0 Å². The third kappa shape index (κ3) is 1.94. The van der Waals surface area contributed by atoms with Crippen molar-refractivity contribution >= 4 is 23.1 Å². The number of anilines is 1. The maximum Gasteiger partial charge on any atom is 0.193 e. The molecular weight excluding hydrogens is 234 g/mol. The van der Waals surface area contributed by atoms with Crippen LogP contribution in [0.15, 0.2) is 52.9 Å². The molecule has 2 heterocycles. The highest BCUT2D eigenvalue weighted by Gasteiger charge is 2.06. The Kier molecular flexibility index (Phi) is 2.41. The van der Waals surface area contributed by atoms with Crippen molar-refractivity contribution in [2.45, 2.75) is 9.92 Å². The summed E-state index contributed by atoms with van der Waals surface area (Å²) in [6.07, 6.45) is 5.21. The zero-order valence-corrected chi connectivity index (χ0v) is 9.63. The minimum atomic E-state index is 0.753. The first-order valence-electron chi connectivity index (χ1n) is 5.01. The first-order chi connectivity index (χ1) is 8.33. The monoisotopic (exact) mass is 243 g/mol. The molecule has 2 N–H and O–H groups in total. The number of nitrogen functional groups attached to an aromatic ring is 1. The Bertz CT molecular complexity index is 646. The number of fused-ring (bicyclic) bond motifs is 1. The van der Waals surface area contributed by atoms with E-state index < -0.39 is 0 Å². The number of nitrogens with two attached hydrogens (primary N) is 1. The van der Waals surface area contributed by atoms with E-state index >= 15 is 0 Å². The van der Waals surface area contributed by atoms with Gasteiger partial charge < -0.3 is 5.73 Å². The van der Waals surface area contributed by atoms with Crippen molar-refractivity contribution in [3.05, 3.63) is 43.0 Å². The third-order valence-corrected chi connectivity index (χ3v) is 3.27. The third-order valence-electron chi connectivity index (χ3n) is 2.28. The molecular formula is C11H9N5S. The van der Waals surface area contributed by atoms with Gasteiger partial charge in [-0.15, -0.1) is 10.2 Å². The van der Waals surface area contributed by atoms with Gasteiger partial charge >= 0.3 is 0 Å². The summed E-state index contributed by atoms with van der Waals surface area (Å²) in [7, 11) is 0. The molecule has 3 rings (SSSR count). The van der Waals surface area contributed by atoms with Gasteiger partial charge in [0, 0.05) is 23.0 Å². The second-order valence-electron chi connectivity index (χ2n) is 3.47. The largest absolute Gasteiger partial charge is 0.399 e. The van der Waals surface area contributed by atoms with E-state index in [1.54, 1.807) is 24.3 Å². The summed E-state index contributed by atoms with van der Waals surface area (Å²) in [4.78, 5) is 5.38. The Hall–Kier alpha value is -2.08. The molecule has 17 heavy (non-hydrogen) atoms. The highest BCUT2D eigenvalue weighted by atomic mass is 32.2. The van der Waals surface area contributed by atoms with Crippen molar-refractivity contribution in [1.82, 2.24) is 19.6 Å². The maximum atomic E-state index is 5.64. The van der Waals surface area contributed by atoms with Crippen molar-refractivity contribution in [2.24, 2.45) is 0 Å². The Labute approximate surface area is 102 Å². The number of benzene rings is 1. The van der Waals surface area contributed by atoms with E-state index in [0.717, 1.165) is 21.3 Å². The van der Waals surface area contributed by atoms with Gasteiger partial charge in [-0.05, 0) is 24.3 Å². The molecule has 0 aliphatic heterocycles. The molecule has 0 radical (unpaired) electrons. The van der Waals surface area contributed by atoms with Crippen LogP contribution in [-0.4, -0.2) is 19.6 Å². The van der Waals surface area contributed by atoms with E-state index in [4.69, 9.17) is 5.73 Å². The summed E-state index contributed by atoms with van der Waals surface area (Å²) in [5, 5.41) is 8.72. The second-order valence-corrected chi connectivity index (χ2v) is 4.53. The number of aromatic nitrogens is 4. The molecule has 0 aliphatic rings. The summed E-state index contributed by atoms with van der Waals surface area (Å²) in [5.74, 6) is 0. The van der Waals surface area contributed by atoms with Gasteiger partial charge in [0.1, 0.15) is 11.4 Å². The van der Waals surface area contributed by atoms with Crippen LogP contribution in [0.2, 0.25) is 0 Å². The molecule has 0 amide bonds. The van der Waals surface area contributed by atoms with Crippen molar-refractivity contribution in [3.63, 3.8) is 0 Å². The fraction of sp³-hybridized carbons (Fsp3) is 0. The maximum absolute atomic E-state index is 5.64. The minimum absolute atomic E-state index is 0.753. The van der Waals surface area contributed by atoms with Gasteiger partial charge in [0.25, 0.3) is 0 Å². The lowest BCUT2D eigenvalue weighted by Gasteiger charge is -2.02. The molecule has 0 saturated heterocycles. The van der Waals surface area contributed by atoms with Crippen molar-refractivity contribution in [2.75, 3.05) is 5.73 Å². The average molecular weight is 243 g/mol. The Morgan fingerprint density at radius 2 is 2.00 bits per heavy atom. The smallest absolute Gasteiger partial charge is 0.193 e. The summed E-state index contributed by atoms with van der Waals surface area (Å²) in [5.41, 5.74) is 7.15. The predicted molar refractivity (Wildman–Crippen MR) is 65.8 cm³/mol. The molecule has 0 aliphatic carbocycles. The number of hydrogen-bond acceptors (Lipinski definition) is 5. The number of hydrogen-bond donors (Lipinski definition) is 1. The summed E-state index contributed by atoms with van der Waals surface area (Å²) in [6.45, 7) is 0. The summed E-state index contributed by atoms with van der Waals surface area (Å²) < 4.78 is 1.84. The molecule has 2 aromatic heterocycles. The molecule has 0 unspecified atom stereocenters. The van der Waals surface area contributed by atoms with Crippen LogP contribution in [0.5, 0.6) is 0 Å². The lowest BCUT2D eigenvalue weighted by molar-refractivity contribution is 1.03. The quantitative estimate of drug-likeness (QED) is 0.696. The first kappa shape index (κ1) is 10.1. The van der Waals surface area contributed by atoms with Crippen molar-refractivity contribution < 1.29 is 0 Å². The minimum Gasteiger partial charge on any atom is -0.399 e. The first-order valence-corrected chi connectivity index (χ1v) is 5.82. The van der Waals surface area contributed by atoms with Gasteiger partial charge in [0.2, 0.25) is 0 Å². The van der Waals surface area contributed by atoms with Crippen molar-refractivity contribution in [3.8, 4) is 0 Å². The van der Waals surface area contributed by atoms with Gasteiger partial charge in [-0.25, -0.2) is 4.98 Å². The molecule has 0 spiro atoms. The summed E-state index contributed by atoms with van der Waals surface area (Å²) in [6, 6.07) is 7.65. The van der Waals surface area contributed by atoms with Gasteiger partial charge in [-0.3, -0.25) is 4.40 Å². The van der Waals surface area contributed by atoms with E-state index in [0.29, 0.717) is 0 Å². The Morgan fingerprint density at radius 3 is 2.82 bits per heavy atom. The van der Waals surface area contributed by atoms with Gasteiger partial charge in [0.15, 0.2) is 5.65 Å². The highest BCUT2D eigenvalue weighted by Crippen LogP contribution is 2.28. The van der Waals surface area contributed by atoms with Crippen LogP contribution >= 0.6 is 11.8 Å². The zero-order chi connectivity index (χ0) is 11.7. The average Bonchev–Trinajstić information content (AvgIpc) is 2.81. The van der Waals surface area contributed by atoms with E-state index in [9.17, 15) is 0 Å². The Morgan fingerprint density at radius 1 is 1.18 bits per heavy atom. The molecule has 84 valence electrons. The lowest BCUT2D eigenvalue weighted by Crippen LogP contribution is -1.89. The summed E-state index contributed by atoms with van der Waals surface area (Å²) >= 11 is 1.54. The highest BCUT2D eigenvalue weighted by molar-refractivity contribution is 7.99. The molecule has 5 nitrogen and oxygen atoms in total. The zero-order valence-electron chi connectivity index (χ0n) is 8.82. The topological polar surface area (TPSA) is 69.1 Å². The van der Waals surface area contributed by atoms with E-state index in [2.05, 4.69) is 15.2 Å². The standard InChI is InChI=1S/C11H9N5S/c12-8-1-3-9(4-2-8)17-11-10-15-14-7-16(10)6-5-13-11/h1-7H,12H2. The molecule has 0 saturated carbocycles. The number of rotatable bonds is 2. The van der Waals surface area contributed by atoms with Crippen LogP contribution in [0.4, 0.5) is 5.69 Å². The van der Waals surface area contributed by atoms with Crippen LogP contribution in [0.3, 0.4) is 0 Å². The fourth-order valence-corrected chi connectivity index (χ4v) is 2.30. The number of nitrogens with zero attached hydrogens (tertiary/aromatic N) is 4. The van der Waals surface area contributed by atoms with Crippen LogP contribution in [0.25, 0.3) is 5.65 Å². The van der Waals surface area contributed by atoms with E-state index in [1.165, 1.54) is 0 Å². The second kappa shape index (κ2) is 4.06. The van der Waals surface area contributed by atoms with Crippen LogP contribution in [0, 0.1) is 0 Å². The molecule has 3 aromatic rings. The van der Waals surface area contributed by atoms with Crippen molar-refractivity contribution in [1.29, 1.82) is 0 Å². The van der Waals surface area contributed by atoms with Crippen LogP contribution in [-0.2, 0) is 0 Å². The molecule has 0 bridgehead atoms. The van der Waals surface area contributed by atoms with E-state index in [-0.39, 0.29) is 0 Å². The molecule has 1 aromatic carbocycles. The predicted octanol–water partition coefficient (Wildman–Crippen LogP) is 1.86. The molecule has 0 atom stereocenters. The fourth-order valence-electron chi connectivity index (χ4n) is 1.45. The van der Waals surface area contributed by atoms with Crippen LogP contribution < -0.4 is 5.73 Å². The Balaban J connectivity index is 1.99. The normalized spacial score (nSPS) is 10.8. The van der Waals surface area contributed by atoms with Gasteiger partial charge in [-0.1, -0.05) is 11.8 Å². The van der Waals surface area contributed by atoms with Crippen LogP contribution in [0.1, 0.15) is 0 Å². The molecule has 6 heteroatoms. The van der Waals surface area contributed by atoms with Gasteiger partial charge in [0.05, 0.1) is 0 Å². The lowest BCUT2D eigenvalue weighted by atomic mass is 10.3.